The lowest BCUT2D eigenvalue weighted by Crippen LogP contribution is -2.16. The Labute approximate surface area is 146 Å². The van der Waals surface area contributed by atoms with Crippen molar-refractivity contribution in [2.24, 2.45) is 0 Å². The van der Waals surface area contributed by atoms with Gasteiger partial charge in [0, 0.05) is 12.4 Å². The van der Waals surface area contributed by atoms with Crippen molar-refractivity contribution < 1.29 is 19.0 Å². The van der Waals surface area contributed by atoms with Gasteiger partial charge >= 0.3 is 5.97 Å². The van der Waals surface area contributed by atoms with E-state index in [1.165, 1.54) is 12.8 Å². The molecule has 1 aromatic carbocycles. The summed E-state index contributed by atoms with van der Waals surface area (Å²) in [5, 5.41) is 0. The maximum atomic E-state index is 12.3. The van der Waals surface area contributed by atoms with Crippen LogP contribution in [0.2, 0.25) is 0 Å². The number of rotatable bonds is 6. The molecule has 5 heteroatoms. The summed E-state index contributed by atoms with van der Waals surface area (Å²) in [7, 11) is 0. The molecular formula is C20H21NO4. The Morgan fingerprint density at radius 3 is 2.92 bits per heavy atom. The van der Waals surface area contributed by atoms with Crippen LogP contribution in [0.15, 0.2) is 36.7 Å². The van der Waals surface area contributed by atoms with E-state index >= 15 is 0 Å². The van der Waals surface area contributed by atoms with Crippen molar-refractivity contribution in [1.82, 2.24) is 4.98 Å². The van der Waals surface area contributed by atoms with Crippen LogP contribution in [0.4, 0.5) is 0 Å². The van der Waals surface area contributed by atoms with Crippen LogP contribution >= 0.6 is 0 Å². The number of ether oxygens (including phenoxy) is 3. The zero-order valence-electron chi connectivity index (χ0n) is 14.2. The van der Waals surface area contributed by atoms with Crippen molar-refractivity contribution in [3.63, 3.8) is 0 Å². The Hall–Kier alpha value is -2.56. The average molecular weight is 339 g/mol. The number of aromatic nitrogens is 1. The van der Waals surface area contributed by atoms with E-state index < -0.39 is 0 Å². The zero-order valence-corrected chi connectivity index (χ0v) is 14.2. The van der Waals surface area contributed by atoms with Gasteiger partial charge in [0.2, 0.25) is 6.79 Å². The van der Waals surface area contributed by atoms with Crippen molar-refractivity contribution >= 4 is 5.97 Å². The molecule has 2 heterocycles. The average Bonchev–Trinajstić information content (AvgIpc) is 3.38. The van der Waals surface area contributed by atoms with Crippen LogP contribution in [0.25, 0.3) is 0 Å². The van der Waals surface area contributed by atoms with E-state index in [9.17, 15) is 4.79 Å². The van der Waals surface area contributed by atoms with Gasteiger partial charge in [-0.3, -0.25) is 4.98 Å². The van der Waals surface area contributed by atoms with E-state index in [1.54, 1.807) is 6.20 Å². The molecule has 1 atom stereocenters. The first-order valence-electron chi connectivity index (χ1n) is 8.73. The largest absolute Gasteiger partial charge is 0.459 e. The van der Waals surface area contributed by atoms with Gasteiger partial charge < -0.3 is 14.2 Å². The molecule has 0 N–H and O–H groups in total. The molecule has 0 saturated heterocycles. The molecule has 0 spiro atoms. The quantitative estimate of drug-likeness (QED) is 0.748. The van der Waals surface area contributed by atoms with E-state index in [-0.39, 0.29) is 18.9 Å². The number of nitrogens with zero attached hydrogens (tertiary/aromatic N) is 1. The minimum Gasteiger partial charge on any atom is -0.459 e. The summed E-state index contributed by atoms with van der Waals surface area (Å²) in [6.45, 7) is 2.20. The van der Waals surface area contributed by atoms with E-state index in [0.717, 1.165) is 35.5 Å². The number of hydrogen-bond donors (Lipinski definition) is 0. The van der Waals surface area contributed by atoms with Gasteiger partial charge in [0.15, 0.2) is 11.5 Å². The minimum atomic E-state index is -0.298. The molecule has 2 aliphatic rings. The first-order valence-corrected chi connectivity index (χ1v) is 8.73. The van der Waals surface area contributed by atoms with Crippen LogP contribution < -0.4 is 9.47 Å². The second kappa shape index (κ2) is 6.75. The standard InChI is InChI=1S/C20H21NO4/c1-13(2-3-14-4-7-18-19(8-14)24-12-23-18)25-20(22)17-9-16(10-21-11-17)15-5-6-15/h4,7-11,13,15H,2-3,5-6,12H2,1H3. The third-order valence-corrected chi connectivity index (χ3v) is 4.63. The fraction of sp³-hybridized carbons (Fsp3) is 0.400. The van der Waals surface area contributed by atoms with Gasteiger partial charge in [0.1, 0.15) is 0 Å². The highest BCUT2D eigenvalue weighted by molar-refractivity contribution is 5.89. The van der Waals surface area contributed by atoms with Crippen molar-refractivity contribution in [3.05, 3.63) is 53.3 Å². The number of benzene rings is 1. The van der Waals surface area contributed by atoms with Crippen molar-refractivity contribution in [2.45, 2.75) is 44.6 Å². The monoisotopic (exact) mass is 339 g/mol. The predicted octanol–water partition coefficient (Wildman–Crippen LogP) is 3.87. The molecular weight excluding hydrogens is 318 g/mol. The summed E-state index contributed by atoms with van der Waals surface area (Å²) in [6, 6.07) is 7.84. The van der Waals surface area contributed by atoms with Gasteiger partial charge in [-0.15, -0.1) is 0 Å². The molecule has 1 aliphatic carbocycles. The topological polar surface area (TPSA) is 57.7 Å². The third-order valence-electron chi connectivity index (χ3n) is 4.63. The van der Waals surface area contributed by atoms with Crippen LogP contribution in [0.5, 0.6) is 11.5 Å². The fourth-order valence-corrected chi connectivity index (χ4v) is 2.99. The summed E-state index contributed by atoms with van der Waals surface area (Å²) in [5.41, 5.74) is 2.83. The molecule has 2 aromatic rings. The SMILES string of the molecule is CC(CCc1ccc2c(c1)OCO2)OC(=O)c1cncc(C2CC2)c1. The van der Waals surface area contributed by atoms with E-state index in [0.29, 0.717) is 11.5 Å². The Morgan fingerprint density at radius 2 is 2.08 bits per heavy atom. The highest BCUT2D eigenvalue weighted by Crippen LogP contribution is 2.39. The molecule has 1 saturated carbocycles. The Balaban J connectivity index is 1.31. The predicted molar refractivity (Wildman–Crippen MR) is 92.0 cm³/mol. The van der Waals surface area contributed by atoms with Crippen molar-refractivity contribution in [1.29, 1.82) is 0 Å². The lowest BCUT2D eigenvalue weighted by molar-refractivity contribution is 0.0324. The molecule has 1 unspecified atom stereocenters. The first kappa shape index (κ1) is 15.9. The van der Waals surface area contributed by atoms with Crippen LogP contribution in [-0.2, 0) is 11.2 Å². The number of aryl methyl sites for hydroxylation is 1. The van der Waals surface area contributed by atoms with Crippen molar-refractivity contribution in [2.75, 3.05) is 6.79 Å². The van der Waals surface area contributed by atoms with E-state index in [2.05, 4.69) is 4.98 Å². The van der Waals surface area contributed by atoms with Crippen molar-refractivity contribution in [3.8, 4) is 11.5 Å². The lowest BCUT2D eigenvalue weighted by atomic mass is 10.1. The smallest absolute Gasteiger partial charge is 0.339 e. The number of carbonyl (C=O) groups is 1. The molecule has 0 radical (unpaired) electrons. The normalized spacial score (nSPS) is 16.5. The minimum absolute atomic E-state index is 0.164. The number of carbonyl (C=O) groups excluding carboxylic acids is 1. The van der Waals surface area contributed by atoms with Gasteiger partial charge in [0.05, 0.1) is 11.7 Å². The van der Waals surface area contributed by atoms with Gasteiger partial charge in [0.25, 0.3) is 0 Å². The summed E-state index contributed by atoms with van der Waals surface area (Å²) in [6.07, 6.45) is 7.20. The van der Waals surface area contributed by atoms with Gasteiger partial charge in [-0.2, -0.15) is 0 Å². The molecule has 25 heavy (non-hydrogen) atoms. The number of hydrogen-bond acceptors (Lipinski definition) is 5. The molecule has 1 fully saturated rings. The van der Waals surface area contributed by atoms with E-state index in [1.807, 2.05) is 37.4 Å². The zero-order chi connectivity index (χ0) is 17.2. The Bertz CT molecular complexity index is 785. The summed E-state index contributed by atoms with van der Waals surface area (Å²) < 4.78 is 16.3. The summed E-state index contributed by atoms with van der Waals surface area (Å²) in [4.78, 5) is 16.5. The maximum Gasteiger partial charge on any atom is 0.339 e. The summed E-state index contributed by atoms with van der Waals surface area (Å²) >= 11 is 0. The highest BCUT2D eigenvalue weighted by atomic mass is 16.7. The van der Waals surface area contributed by atoms with Crippen LogP contribution in [-0.4, -0.2) is 23.9 Å². The molecule has 1 aromatic heterocycles. The second-order valence-electron chi connectivity index (χ2n) is 6.72. The first-order chi connectivity index (χ1) is 12.2. The molecule has 130 valence electrons. The highest BCUT2D eigenvalue weighted by Gasteiger charge is 2.25. The summed E-state index contributed by atoms with van der Waals surface area (Å²) in [5.74, 6) is 1.84. The molecule has 0 amide bonds. The van der Waals surface area contributed by atoms with Gasteiger partial charge in [-0.1, -0.05) is 6.07 Å². The molecule has 0 bridgehead atoms. The second-order valence-corrected chi connectivity index (χ2v) is 6.72. The molecule has 1 aliphatic heterocycles. The fourth-order valence-electron chi connectivity index (χ4n) is 2.99. The Kier molecular flexibility index (Phi) is 4.30. The van der Waals surface area contributed by atoms with Crippen LogP contribution in [0.1, 0.15) is 53.6 Å². The van der Waals surface area contributed by atoms with Crippen LogP contribution in [0.3, 0.4) is 0 Å². The van der Waals surface area contributed by atoms with Gasteiger partial charge in [-0.05, 0) is 67.9 Å². The van der Waals surface area contributed by atoms with E-state index in [4.69, 9.17) is 14.2 Å². The molecule has 5 nitrogen and oxygen atoms in total. The Morgan fingerprint density at radius 1 is 1.24 bits per heavy atom. The number of esters is 1. The lowest BCUT2D eigenvalue weighted by Gasteiger charge is -2.13. The maximum absolute atomic E-state index is 12.3. The number of fused-ring (bicyclic) bond motifs is 1. The third kappa shape index (κ3) is 3.76. The molecule has 4 rings (SSSR count). The van der Waals surface area contributed by atoms with Gasteiger partial charge in [-0.25, -0.2) is 4.79 Å². The van der Waals surface area contributed by atoms with Crippen LogP contribution in [0, 0.1) is 0 Å². The number of pyridine rings is 1.